The molecular formula is C6H5N3O2S. The van der Waals surface area contributed by atoms with Crippen LogP contribution >= 0.6 is 11.3 Å². The van der Waals surface area contributed by atoms with Gasteiger partial charge < -0.3 is 10.5 Å². The first-order valence-corrected chi connectivity index (χ1v) is 3.74. The van der Waals surface area contributed by atoms with E-state index in [2.05, 4.69) is 5.43 Å². The molecule has 0 saturated heterocycles. The number of thiophene rings is 1. The van der Waals surface area contributed by atoms with Crippen LogP contribution in [-0.2, 0) is 0 Å². The lowest BCUT2D eigenvalue weighted by Gasteiger charge is -1.90. The summed E-state index contributed by atoms with van der Waals surface area (Å²) in [6, 6.07) is 3.11. The molecule has 12 heavy (non-hydrogen) atoms. The molecular weight excluding hydrogens is 178 g/mol. The highest BCUT2D eigenvalue weighted by Crippen LogP contribution is 2.26. The van der Waals surface area contributed by atoms with Crippen LogP contribution in [0.3, 0.4) is 0 Å². The molecule has 0 aliphatic carbocycles. The fraction of sp³-hybridized carbons (Fsp3) is 0. The number of nitrogens with two attached hydrogens (primary N) is 1. The maximum absolute atomic E-state index is 10.4. The molecule has 1 aromatic heterocycles. The van der Waals surface area contributed by atoms with E-state index in [1.807, 2.05) is 6.07 Å². The van der Waals surface area contributed by atoms with Crippen molar-refractivity contribution in [3.8, 4) is 6.07 Å². The van der Waals surface area contributed by atoms with Gasteiger partial charge in [0.05, 0.1) is 5.56 Å². The summed E-state index contributed by atoms with van der Waals surface area (Å²) >= 11 is 0.934. The Morgan fingerprint density at radius 1 is 1.83 bits per heavy atom. The maximum atomic E-state index is 10.4. The second-order valence-corrected chi connectivity index (χ2v) is 2.97. The van der Waals surface area contributed by atoms with E-state index in [-0.39, 0.29) is 10.4 Å². The largest absolute Gasteiger partial charge is 0.477 e. The molecule has 0 amide bonds. The van der Waals surface area contributed by atoms with E-state index in [1.165, 1.54) is 6.07 Å². The number of nitrogens with zero attached hydrogens (tertiary/aromatic N) is 1. The third-order valence-electron chi connectivity index (χ3n) is 1.19. The number of hydrogen-bond acceptors (Lipinski definition) is 5. The minimum Gasteiger partial charge on any atom is -0.477 e. The molecule has 4 N–H and O–H groups in total. The van der Waals surface area contributed by atoms with Crippen LogP contribution in [-0.4, -0.2) is 11.1 Å². The summed E-state index contributed by atoms with van der Waals surface area (Å²) in [5.41, 5.74) is 2.50. The average molecular weight is 183 g/mol. The molecule has 0 aliphatic heterocycles. The van der Waals surface area contributed by atoms with Crippen molar-refractivity contribution in [3.63, 3.8) is 0 Å². The van der Waals surface area contributed by atoms with Crippen molar-refractivity contribution in [2.75, 3.05) is 5.43 Å². The summed E-state index contributed by atoms with van der Waals surface area (Å²) in [4.78, 5) is 10.5. The standard InChI is InChI=1S/C6H5N3O2S/c7-2-3-1-4(6(10)11)12-5(3)9-8/h1,9H,8H2,(H,10,11). The molecule has 0 radical (unpaired) electrons. The highest BCUT2D eigenvalue weighted by Gasteiger charge is 2.12. The number of nitrogen functional groups attached to an aromatic ring is 1. The normalized spacial score (nSPS) is 9.00. The van der Waals surface area contributed by atoms with Gasteiger partial charge in [0, 0.05) is 0 Å². The summed E-state index contributed by atoms with van der Waals surface area (Å²) in [5, 5.41) is 17.4. The van der Waals surface area contributed by atoms with Gasteiger partial charge in [0.1, 0.15) is 15.9 Å². The average Bonchev–Trinajstić information content (AvgIpc) is 2.46. The number of hydrazine groups is 1. The Kier molecular flexibility index (Phi) is 2.28. The predicted octanol–water partition coefficient (Wildman–Crippen LogP) is 0.604. The molecule has 0 fully saturated rings. The summed E-state index contributed by atoms with van der Waals surface area (Å²) in [5.74, 6) is 4.00. The molecule has 0 atom stereocenters. The molecule has 0 unspecified atom stereocenters. The van der Waals surface area contributed by atoms with E-state index in [9.17, 15) is 4.79 Å². The van der Waals surface area contributed by atoms with Crippen LogP contribution in [0.5, 0.6) is 0 Å². The van der Waals surface area contributed by atoms with Gasteiger partial charge in [-0.15, -0.1) is 11.3 Å². The Labute approximate surface area is 72.0 Å². The van der Waals surface area contributed by atoms with E-state index in [1.54, 1.807) is 0 Å². The topological polar surface area (TPSA) is 99.1 Å². The van der Waals surface area contributed by atoms with Crippen LogP contribution in [0.15, 0.2) is 6.07 Å². The van der Waals surface area contributed by atoms with Gasteiger partial charge in [-0.25, -0.2) is 10.6 Å². The SMILES string of the molecule is N#Cc1cc(C(=O)O)sc1NN. The number of nitriles is 1. The first kappa shape index (κ1) is 8.52. The van der Waals surface area contributed by atoms with Crippen molar-refractivity contribution in [1.29, 1.82) is 5.26 Å². The van der Waals surface area contributed by atoms with E-state index in [0.29, 0.717) is 5.00 Å². The van der Waals surface area contributed by atoms with Crippen molar-refractivity contribution < 1.29 is 9.90 Å². The fourth-order valence-corrected chi connectivity index (χ4v) is 1.44. The first-order chi connectivity index (χ1) is 5.69. The summed E-state index contributed by atoms with van der Waals surface area (Å²) in [7, 11) is 0. The van der Waals surface area contributed by atoms with Crippen molar-refractivity contribution in [2.24, 2.45) is 5.84 Å². The molecule has 0 spiro atoms. The van der Waals surface area contributed by atoms with Gasteiger partial charge in [-0.05, 0) is 6.07 Å². The van der Waals surface area contributed by atoms with Gasteiger partial charge in [-0.1, -0.05) is 0 Å². The van der Waals surface area contributed by atoms with Crippen LogP contribution in [0.1, 0.15) is 15.2 Å². The van der Waals surface area contributed by atoms with Crippen LogP contribution in [0.4, 0.5) is 5.00 Å². The van der Waals surface area contributed by atoms with Gasteiger partial charge in [-0.3, -0.25) is 0 Å². The minimum absolute atomic E-state index is 0.0968. The molecule has 1 rings (SSSR count). The molecule has 62 valence electrons. The zero-order valence-electron chi connectivity index (χ0n) is 5.87. The summed E-state index contributed by atoms with van der Waals surface area (Å²) in [6.07, 6.45) is 0. The summed E-state index contributed by atoms with van der Waals surface area (Å²) in [6.45, 7) is 0. The molecule has 0 aliphatic rings. The van der Waals surface area contributed by atoms with Gasteiger partial charge in [0.2, 0.25) is 0 Å². The van der Waals surface area contributed by atoms with Crippen molar-refractivity contribution in [1.82, 2.24) is 0 Å². The molecule has 0 bridgehead atoms. The van der Waals surface area contributed by atoms with E-state index >= 15 is 0 Å². The van der Waals surface area contributed by atoms with Gasteiger partial charge in [0.15, 0.2) is 0 Å². The number of carbonyl (C=O) groups is 1. The van der Waals surface area contributed by atoms with Crippen LogP contribution in [0.2, 0.25) is 0 Å². The van der Waals surface area contributed by atoms with Gasteiger partial charge in [-0.2, -0.15) is 5.26 Å². The Balaban J connectivity index is 3.16. The quantitative estimate of drug-likeness (QED) is 0.460. The number of anilines is 1. The van der Waals surface area contributed by atoms with Crippen molar-refractivity contribution in [2.45, 2.75) is 0 Å². The molecule has 0 aromatic carbocycles. The highest BCUT2D eigenvalue weighted by molar-refractivity contribution is 7.18. The lowest BCUT2D eigenvalue weighted by Crippen LogP contribution is -2.05. The Morgan fingerprint density at radius 2 is 2.50 bits per heavy atom. The van der Waals surface area contributed by atoms with Crippen LogP contribution in [0.25, 0.3) is 0 Å². The van der Waals surface area contributed by atoms with Crippen molar-refractivity contribution in [3.05, 3.63) is 16.5 Å². The second kappa shape index (κ2) is 3.21. The number of carboxylic acids is 1. The molecule has 1 heterocycles. The third kappa shape index (κ3) is 1.37. The lowest BCUT2D eigenvalue weighted by molar-refractivity contribution is 0.0702. The zero-order valence-corrected chi connectivity index (χ0v) is 6.68. The fourth-order valence-electron chi connectivity index (χ4n) is 0.687. The zero-order chi connectivity index (χ0) is 9.14. The maximum Gasteiger partial charge on any atom is 0.345 e. The smallest absolute Gasteiger partial charge is 0.345 e. The molecule has 0 saturated carbocycles. The number of nitrogens with one attached hydrogen (secondary N) is 1. The molecule has 6 heteroatoms. The number of hydrogen-bond donors (Lipinski definition) is 3. The Morgan fingerprint density at radius 3 is 2.83 bits per heavy atom. The number of aromatic carboxylic acids is 1. The van der Waals surface area contributed by atoms with Crippen molar-refractivity contribution >= 4 is 22.3 Å². The molecule has 1 aromatic rings. The molecule has 5 nitrogen and oxygen atoms in total. The lowest BCUT2D eigenvalue weighted by atomic mass is 10.3. The van der Waals surface area contributed by atoms with Crippen LogP contribution < -0.4 is 11.3 Å². The Bertz CT molecular complexity index is 352. The first-order valence-electron chi connectivity index (χ1n) is 2.93. The second-order valence-electron chi connectivity index (χ2n) is 1.91. The van der Waals surface area contributed by atoms with Gasteiger partial charge in [0.25, 0.3) is 0 Å². The van der Waals surface area contributed by atoms with E-state index < -0.39 is 5.97 Å². The predicted molar refractivity (Wildman–Crippen MR) is 43.8 cm³/mol. The van der Waals surface area contributed by atoms with E-state index in [0.717, 1.165) is 11.3 Å². The minimum atomic E-state index is -1.06. The highest BCUT2D eigenvalue weighted by atomic mass is 32.1. The Hall–Kier alpha value is -1.58. The third-order valence-corrected chi connectivity index (χ3v) is 2.25. The van der Waals surface area contributed by atoms with Crippen LogP contribution in [0, 0.1) is 11.3 Å². The monoisotopic (exact) mass is 183 g/mol. The number of rotatable bonds is 2. The number of carboxylic acid groups (broad SMARTS) is 1. The summed E-state index contributed by atoms with van der Waals surface area (Å²) < 4.78 is 0. The van der Waals surface area contributed by atoms with Gasteiger partial charge >= 0.3 is 5.97 Å². The van der Waals surface area contributed by atoms with E-state index in [4.69, 9.17) is 16.2 Å².